The number of rotatable bonds is 8. The predicted molar refractivity (Wildman–Crippen MR) is 349 cm³/mol. The summed E-state index contributed by atoms with van der Waals surface area (Å²) in [6, 6.07) is 113. The van der Waals surface area contributed by atoms with Crippen LogP contribution in [0.25, 0.3) is 177 Å². The molecule has 82 heavy (non-hydrogen) atoms. The van der Waals surface area contributed by atoms with E-state index in [0.29, 0.717) is 0 Å². The van der Waals surface area contributed by atoms with Gasteiger partial charge < -0.3 is 0 Å². The van der Waals surface area contributed by atoms with Gasteiger partial charge in [-0.25, -0.2) is 0 Å². The minimum Gasteiger partial charge on any atom is -0.0622 e. The first-order chi connectivity index (χ1) is 40.8. The van der Waals surface area contributed by atoms with Crippen LogP contribution in [0.2, 0.25) is 0 Å². The number of benzene rings is 15. The van der Waals surface area contributed by atoms with Gasteiger partial charge in [0.05, 0.1) is 0 Å². The summed E-state index contributed by atoms with van der Waals surface area (Å²) in [5, 5.41) is 10.1. The van der Waals surface area contributed by atoms with Gasteiger partial charge in [0.15, 0.2) is 0 Å². The highest BCUT2D eigenvalue weighted by atomic mass is 14.4. The van der Waals surface area contributed by atoms with Crippen molar-refractivity contribution in [1.29, 1.82) is 0 Å². The van der Waals surface area contributed by atoms with Gasteiger partial charge in [-0.05, 0) is 177 Å². The minimum atomic E-state index is 1.20. The maximum atomic E-state index is 2.44. The van der Waals surface area contributed by atoms with Crippen LogP contribution in [0.4, 0.5) is 0 Å². The van der Waals surface area contributed by atoms with E-state index in [1.54, 1.807) is 0 Å². The summed E-state index contributed by atoms with van der Waals surface area (Å²) in [5.74, 6) is 0. The van der Waals surface area contributed by atoms with E-state index in [9.17, 15) is 0 Å². The number of hydrogen-bond donors (Lipinski definition) is 0. The van der Waals surface area contributed by atoms with Crippen molar-refractivity contribution in [1.82, 2.24) is 0 Å². The second kappa shape index (κ2) is 18.5. The zero-order chi connectivity index (χ0) is 53.8. The Balaban J connectivity index is 0.898. The molecule has 0 aromatic heterocycles. The summed E-state index contributed by atoms with van der Waals surface area (Å²) in [5.41, 5.74) is 30.1. The molecule has 0 saturated heterocycles. The fourth-order valence-electron chi connectivity index (χ4n) is 14.5. The zero-order valence-corrected chi connectivity index (χ0v) is 44.9. The van der Waals surface area contributed by atoms with Crippen molar-refractivity contribution in [2.75, 3.05) is 0 Å². The lowest BCUT2D eigenvalue weighted by Gasteiger charge is -2.26. The Morgan fingerprint density at radius 1 is 0.110 bits per heavy atom. The highest BCUT2D eigenvalue weighted by Gasteiger charge is 2.35. The maximum Gasteiger partial charge on any atom is -0.000718 e. The van der Waals surface area contributed by atoms with Crippen molar-refractivity contribution in [2.45, 2.75) is 0 Å². The monoisotopic (exact) mass is 1030 g/mol. The molecule has 2 aliphatic rings. The molecule has 0 nitrogen and oxygen atoms in total. The van der Waals surface area contributed by atoms with Gasteiger partial charge in [0.2, 0.25) is 0 Å². The molecule has 0 spiro atoms. The summed E-state index contributed by atoms with van der Waals surface area (Å²) >= 11 is 0. The third-order valence-corrected chi connectivity index (χ3v) is 17.8. The van der Waals surface area contributed by atoms with Gasteiger partial charge in [-0.15, -0.1) is 0 Å². The van der Waals surface area contributed by atoms with E-state index >= 15 is 0 Å². The average Bonchev–Trinajstić information content (AvgIpc) is 1.77. The smallest absolute Gasteiger partial charge is 0.000718 e. The predicted octanol–water partition coefficient (Wildman–Crippen LogP) is 22.9. The highest BCUT2D eigenvalue weighted by Crippen LogP contribution is 2.63. The molecular weight excluding hydrogens is 985 g/mol. The summed E-state index contributed by atoms with van der Waals surface area (Å²) in [7, 11) is 0. The average molecular weight is 1040 g/mol. The first-order valence-corrected chi connectivity index (χ1v) is 28.6. The van der Waals surface area contributed by atoms with E-state index in [-0.39, 0.29) is 0 Å². The third kappa shape index (κ3) is 6.79. The molecule has 0 fully saturated rings. The number of hydrogen-bond acceptors (Lipinski definition) is 0. The maximum absolute atomic E-state index is 2.44. The topological polar surface area (TPSA) is 0 Å². The molecular formula is C82H50. The van der Waals surface area contributed by atoms with Gasteiger partial charge in [-0.1, -0.05) is 303 Å². The van der Waals surface area contributed by atoms with Gasteiger partial charge in [-0.3, -0.25) is 0 Å². The summed E-state index contributed by atoms with van der Waals surface area (Å²) < 4.78 is 0. The quantitative estimate of drug-likeness (QED) is 0.142. The molecule has 15 aromatic carbocycles. The van der Waals surface area contributed by atoms with Gasteiger partial charge in [0, 0.05) is 0 Å². The lowest BCUT2D eigenvalue weighted by atomic mass is 9.76. The van der Waals surface area contributed by atoms with E-state index in [1.807, 2.05) is 0 Å². The number of fused-ring (bicyclic) bond motifs is 8. The van der Waals surface area contributed by atoms with Crippen molar-refractivity contribution in [3.05, 3.63) is 303 Å². The molecule has 15 aromatic rings. The van der Waals surface area contributed by atoms with Crippen LogP contribution >= 0.6 is 0 Å². The first kappa shape index (κ1) is 46.3. The molecule has 0 amide bonds. The third-order valence-electron chi connectivity index (χ3n) is 17.8. The molecule has 0 bridgehead atoms. The SMILES string of the molecule is c1ccc(-c2c(-c3ccccc3)c(-c3ccccc3)c3c(c2-c2ccccc2)-c2cccc4c(-c5cccc6c(-c7ccc8c9c(cccc79)-c7c-8c(-c8ccccc8)c8ccccc8c7-c7ccccc7)cccc56)ccc-3c24)cc1. The molecule has 0 saturated carbocycles. The van der Waals surface area contributed by atoms with Crippen molar-refractivity contribution in [3.63, 3.8) is 0 Å². The zero-order valence-electron chi connectivity index (χ0n) is 44.9. The Hall–Kier alpha value is -10.7. The Bertz CT molecular complexity index is 4870. The Morgan fingerprint density at radius 3 is 0.646 bits per heavy atom. The van der Waals surface area contributed by atoms with Crippen LogP contribution in [0.3, 0.4) is 0 Å². The summed E-state index contributed by atoms with van der Waals surface area (Å²) in [6.07, 6.45) is 0. The lowest BCUT2D eigenvalue weighted by molar-refractivity contribution is 1.54. The molecule has 2 aliphatic carbocycles. The van der Waals surface area contributed by atoms with E-state index in [2.05, 4.69) is 303 Å². The van der Waals surface area contributed by atoms with E-state index in [1.165, 1.54) is 177 Å². The fourth-order valence-corrected chi connectivity index (χ4v) is 14.5. The van der Waals surface area contributed by atoms with Crippen LogP contribution in [0.1, 0.15) is 0 Å². The second-order valence-electron chi connectivity index (χ2n) is 22.0. The molecule has 0 atom stereocenters. The highest BCUT2D eigenvalue weighted by molar-refractivity contribution is 6.31. The van der Waals surface area contributed by atoms with Gasteiger partial charge in [0.25, 0.3) is 0 Å². The minimum absolute atomic E-state index is 1.20. The van der Waals surface area contributed by atoms with E-state index in [4.69, 9.17) is 0 Å². The van der Waals surface area contributed by atoms with Crippen LogP contribution in [0.5, 0.6) is 0 Å². The molecule has 0 heteroatoms. The lowest BCUT2D eigenvalue weighted by Crippen LogP contribution is -1.99. The Kier molecular flexibility index (Phi) is 10.4. The first-order valence-electron chi connectivity index (χ1n) is 28.6. The fraction of sp³-hybridized carbons (Fsp3) is 0. The standard InChI is InChI=1S/C82H50/c1-7-25-51(26-8-1)71-65-37-19-20-38-66(65)72(52-27-9-2-10-28-52)80-69-49-47-61(63-43-23-45-67(77(63)69)79(71)80)59-41-21-40-58-57(59)39-22-42-60(58)62-48-50-70-78-64(62)44-24-46-68(78)81-75(55-33-15-5-16-34-55)73(53-29-11-3-12-30-53)74(54-31-13-4-14-32-54)76(82(70)81)56-35-17-6-18-36-56/h1-50H. The molecule has 0 unspecified atom stereocenters. The Labute approximate surface area is 477 Å². The second-order valence-corrected chi connectivity index (χ2v) is 22.0. The molecule has 378 valence electrons. The molecule has 17 rings (SSSR count). The van der Waals surface area contributed by atoms with Crippen LogP contribution in [-0.2, 0) is 0 Å². The van der Waals surface area contributed by atoms with Gasteiger partial charge in [0.1, 0.15) is 0 Å². The van der Waals surface area contributed by atoms with Crippen LogP contribution < -0.4 is 0 Å². The van der Waals surface area contributed by atoms with Crippen molar-refractivity contribution < 1.29 is 0 Å². The van der Waals surface area contributed by atoms with Gasteiger partial charge >= 0.3 is 0 Å². The van der Waals surface area contributed by atoms with Gasteiger partial charge in [-0.2, -0.15) is 0 Å². The van der Waals surface area contributed by atoms with E-state index in [0.717, 1.165) is 0 Å². The van der Waals surface area contributed by atoms with Crippen molar-refractivity contribution in [3.8, 4) is 134 Å². The van der Waals surface area contributed by atoms with E-state index < -0.39 is 0 Å². The molecule has 0 N–H and O–H groups in total. The van der Waals surface area contributed by atoms with Crippen molar-refractivity contribution >= 4 is 43.1 Å². The van der Waals surface area contributed by atoms with Crippen LogP contribution in [0.15, 0.2) is 303 Å². The van der Waals surface area contributed by atoms with Crippen LogP contribution in [0, 0.1) is 0 Å². The van der Waals surface area contributed by atoms with Crippen LogP contribution in [-0.4, -0.2) is 0 Å². The largest absolute Gasteiger partial charge is 0.0622 e. The van der Waals surface area contributed by atoms with Crippen molar-refractivity contribution in [2.24, 2.45) is 0 Å². The Morgan fingerprint density at radius 2 is 0.317 bits per heavy atom. The molecule has 0 radical (unpaired) electrons. The summed E-state index contributed by atoms with van der Waals surface area (Å²) in [6.45, 7) is 0. The normalized spacial score (nSPS) is 11.9. The molecule has 0 aliphatic heterocycles. The summed E-state index contributed by atoms with van der Waals surface area (Å²) in [4.78, 5) is 0. The molecule has 0 heterocycles.